The van der Waals surface area contributed by atoms with Crippen LogP contribution in [0.5, 0.6) is 0 Å². The molecule has 2 aromatic heterocycles. The molecule has 1 saturated heterocycles. The minimum atomic E-state index is -0.577. The Hall–Kier alpha value is -2.68. The summed E-state index contributed by atoms with van der Waals surface area (Å²) in [7, 11) is 0. The number of ether oxygens (including phenoxy) is 1. The number of benzene rings is 1. The van der Waals surface area contributed by atoms with Gasteiger partial charge in [-0.15, -0.1) is 11.3 Å². The fourth-order valence-electron chi connectivity index (χ4n) is 4.24. The van der Waals surface area contributed by atoms with Crippen molar-refractivity contribution >= 4 is 50.7 Å². The fourth-order valence-corrected chi connectivity index (χ4v) is 5.69. The normalized spacial score (nSPS) is 17.5. The number of anilines is 1. The highest BCUT2D eigenvalue weighted by molar-refractivity contribution is 7.17. The molecule has 0 saturated carbocycles. The molecule has 2 amide bonds. The lowest BCUT2D eigenvalue weighted by atomic mass is 10.1. The van der Waals surface area contributed by atoms with Crippen LogP contribution in [0.1, 0.15) is 50.6 Å². The summed E-state index contributed by atoms with van der Waals surface area (Å²) in [6.45, 7) is 1.16. The number of hydrogen-bond donors (Lipinski definition) is 2. The number of carbonyl (C=O) groups excluding carboxylic acids is 2. The number of amides is 2. The molecule has 1 aliphatic heterocycles. The van der Waals surface area contributed by atoms with Gasteiger partial charge in [0, 0.05) is 29.1 Å². The SMILES string of the molecule is O=C(Nc1sc2c(c1C(=O)NC[C@H]1CCCO1)CCC2)c1cc(=O)c2cc(Cl)ccc2o1. The molecule has 1 aromatic carbocycles. The summed E-state index contributed by atoms with van der Waals surface area (Å²) < 4.78 is 11.2. The smallest absolute Gasteiger partial charge is 0.292 e. The van der Waals surface area contributed by atoms with E-state index < -0.39 is 5.91 Å². The van der Waals surface area contributed by atoms with Gasteiger partial charge in [0.2, 0.25) is 0 Å². The summed E-state index contributed by atoms with van der Waals surface area (Å²) in [6, 6.07) is 5.80. The van der Waals surface area contributed by atoms with Crippen LogP contribution in [0, 0.1) is 0 Å². The Bertz CT molecular complexity index is 1280. The minimum Gasteiger partial charge on any atom is -0.451 e. The topological polar surface area (TPSA) is 97.6 Å². The lowest BCUT2D eigenvalue weighted by molar-refractivity contribution is 0.0858. The van der Waals surface area contributed by atoms with E-state index in [2.05, 4.69) is 10.6 Å². The Morgan fingerprint density at radius 1 is 1.16 bits per heavy atom. The summed E-state index contributed by atoms with van der Waals surface area (Å²) in [5, 5.41) is 6.94. The van der Waals surface area contributed by atoms with Gasteiger partial charge in [-0.2, -0.15) is 0 Å². The first kappa shape index (κ1) is 21.2. The van der Waals surface area contributed by atoms with E-state index in [-0.39, 0.29) is 28.8 Å². The molecule has 5 rings (SSSR count). The van der Waals surface area contributed by atoms with Gasteiger partial charge in [0.15, 0.2) is 11.2 Å². The van der Waals surface area contributed by atoms with Gasteiger partial charge >= 0.3 is 0 Å². The third-order valence-corrected chi connectivity index (χ3v) is 7.25. The summed E-state index contributed by atoms with van der Waals surface area (Å²) in [5.41, 5.74) is 1.41. The highest BCUT2D eigenvalue weighted by atomic mass is 35.5. The molecule has 1 aliphatic carbocycles. The molecule has 2 N–H and O–H groups in total. The number of halogens is 1. The van der Waals surface area contributed by atoms with Crippen LogP contribution in [0.3, 0.4) is 0 Å². The van der Waals surface area contributed by atoms with Crippen LogP contribution < -0.4 is 16.1 Å². The van der Waals surface area contributed by atoms with Crippen LogP contribution in [0.2, 0.25) is 5.02 Å². The average Bonchev–Trinajstić information content (AvgIpc) is 3.50. The van der Waals surface area contributed by atoms with Crippen molar-refractivity contribution in [2.45, 2.75) is 38.2 Å². The van der Waals surface area contributed by atoms with Crippen molar-refractivity contribution in [1.82, 2.24) is 5.32 Å². The van der Waals surface area contributed by atoms with Gasteiger partial charge in [0.25, 0.3) is 11.8 Å². The molecule has 2 aliphatic rings. The summed E-state index contributed by atoms with van der Waals surface area (Å²) in [6.07, 6.45) is 4.63. The van der Waals surface area contributed by atoms with Gasteiger partial charge in [0.05, 0.1) is 17.1 Å². The van der Waals surface area contributed by atoms with E-state index in [0.717, 1.165) is 55.2 Å². The molecule has 1 atom stereocenters. The summed E-state index contributed by atoms with van der Waals surface area (Å²) >= 11 is 7.35. The Balaban J connectivity index is 1.41. The molecule has 32 heavy (non-hydrogen) atoms. The average molecular weight is 473 g/mol. The number of thiophene rings is 1. The molecule has 1 fully saturated rings. The van der Waals surface area contributed by atoms with Gasteiger partial charge in [0.1, 0.15) is 10.6 Å². The van der Waals surface area contributed by atoms with Crippen molar-refractivity contribution < 1.29 is 18.7 Å². The third kappa shape index (κ3) is 4.05. The number of carbonyl (C=O) groups is 2. The minimum absolute atomic E-state index is 0.0315. The van der Waals surface area contributed by atoms with E-state index in [0.29, 0.717) is 27.5 Å². The lowest BCUT2D eigenvalue weighted by Crippen LogP contribution is -2.32. The largest absolute Gasteiger partial charge is 0.451 e. The zero-order chi connectivity index (χ0) is 22.2. The van der Waals surface area contributed by atoms with Crippen molar-refractivity contribution in [3.8, 4) is 0 Å². The molecule has 0 spiro atoms. The zero-order valence-corrected chi connectivity index (χ0v) is 18.7. The molecular weight excluding hydrogens is 452 g/mol. The number of nitrogens with one attached hydrogen (secondary N) is 2. The molecule has 0 radical (unpaired) electrons. The van der Waals surface area contributed by atoms with Crippen molar-refractivity contribution in [1.29, 1.82) is 0 Å². The van der Waals surface area contributed by atoms with Crippen molar-refractivity contribution in [2.75, 3.05) is 18.5 Å². The molecule has 3 aromatic rings. The number of hydrogen-bond acceptors (Lipinski definition) is 6. The molecule has 166 valence electrons. The number of rotatable bonds is 5. The Morgan fingerprint density at radius 3 is 2.84 bits per heavy atom. The quantitative estimate of drug-likeness (QED) is 0.581. The predicted octanol–water partition coefficient (Wildman–Crippen LogP) is 4.16. The highest BCUT2D eigenvalue weighted by Crippen LogP contribution is 2.39. The second-order valence-electron chi connectivity index (χ2n) is 7.98. The molecular formula is C23H21ClN2O5S. The maximum atomic E-state index is 13.0. The number of aryl methyl sites for hydroxylation is 1. The molecule has 9 heteroatoms. The second-order valence-corrected chi connectivity index (χ2v) is 9.52. The van der Waals surface area contributed by atoms with Crippen molar-refractivity contribution in [3.63, 3.8) is 0 Å². The van der Waals surface area contributed by atoms with E-state index in [4.69, 9.17) is 20.8 Å². The third-order valence-electron chi connectivity index (χ3n) is 5.80. The van der Waals surface area contributed by atoms with E-state index in [9.17, 15) is 14.4 Å². The van der Waals surface area contributed by atoms with Gasteiger partial charge in [-0.05, 0) is 55.9 Å². The first-order chi connectivity index (χ1) is 15.5. The van der Waals surface area contributed by atoms with Crippen LogP contribution in [0.25, 0.3) is 11.0 Å². The molecule has 0 bridgehead atoms. The first-order valence-electron chi connectivity index (χ1n) is 10.6. The Morgan fingerprint density at radius 2 is 2.03 bits per heavy atom. The highest BCUT2D eigenvalue weighted by Gasteiger charge is 2.29. The summed E-state index contributed by atoms with van der Waals surface area (Å²) in [4.78, 5) is 39.5. The maximum Gasteiger partial charge on any atom is 0.292 e. The molecule has 3 heterocycles. The Labute approximate surface area is 192 Å². The molecule has 7 nitrogen and oxygen atoms in total. The van der Waals surface area contributed by atoms with Gasteiger partial charge in [-0.1, -0.05) is 11.6 Å². The van der Waals surface area contributed by atoms with Crippen LogP contribution in [0.4, 0.5) is 5.00 Å². The van der Waals surface area contributed by atoms with Crippen molar-refractivity contribution in [2.24, 2.45) is 0 Å². The van der Waals surface area contributed by atoms with Crippen LogP contribution in [-0.2, 0) is 17.6 Å². The van der Waals surface area contributed by atoms with Gasteiger partial charge < -0.3 is 19.8 Å². The predicted molar refractivity (Wildman–Crippen MR) is 123 cm³/mol. The zero-order valence-electron chi connectivity index (χ0n) is 17.2. The van der Waals surface area contributed by atoms with Crippen molar-refractivity contribution in [3.05, 3.63) is 61.3 Å². The van der Waals surface area contributed by atoms with Crippen LogP contribution in [0.15, 0.2) is 33.5 Å². The van der Waals surface area contributed by atoms with Crippen LogP contribution in [-0.4, -0.2) is 31.1 Å². The molecule has 0 unspecified atom stereocenters. The van der Waals surface area contributed by atoms with E-state index in [1.165, 1.54) is 17.4 Å². The monoisotopic (exact) mass is 472 g/mol. The maximum absolute atomic E-state index is 13.0. The Kier molecular flexibility index (Phi) is 5.75. The lowest BCUT2D eigenvalue weighted by Gasteiger charge is -2.12. The first-order valence-corrected chi connectivity index (χ1v) is 11.8. The standard InChI is InChI=1S/C23H21ClN2O5S/c24-12-6-7-17-15(9-12)16(27)10-18(31-17)21(28)26-23-20(14-4-1-5-19(14)32-23)22(29)25-11-13-3-2-8-30-13/h6-7,9-10,13H,1-5,8,11H2,(H,25,29)(H,26,28)/t13-/m1/s1. The number of fused-ring (bicyclic) bond motifs is 2. The van der Waals surface area contributed by atoms with Gasteiger partial charge in [-0.25, -0.2) is 0 Å². The van der Waals surface area contributed by atoms with Crippen LogP contribution >= 0.6 is 22.9 Å². The summed E-state index contributed by atoms with van der Waals surface area (Å²) in [5.74, 6) is -0.916. The van der Waals surface area contributed by atoms with E-state index in [1.54, 1.807) is 12.1 Å². The second kappa shape index (κ2) is 8.69. The van der Waals surface area contributed by atoms with E-state index in [1.807, 2.05) is 0 Å². The van der Waals surface area contributed by atoms with E-state index >= 15 is 0 Å². The fraction of sp³-hybridized carbons (Fsp3) is 0.348. The van der Waals surface area contributed by atoms with Gasteiger partial charge in [-0.3, -0.25) is 14.4 Å².